The van der Waals surface area contributed by atoms with Gasteiger partial charge in [0.1, 0.15) is 0 Å². The van der Waals surface area contributed by atoms with Crippen molar-refractivity contribution in [3.05, 3.63) is 34.9 Å². The number of aliphatic hydroxyl groups excluding tert-OH is 1. The van der Waals surface area contributed by atoms with Crippen molar-refractivity contribution in [2.24, 2.45) is 0 Å². The molecule has 0 saturated heterocycles. The standard InChI is InChI=1S/C17H24N2O2/c1-14-13-16(9-8-15(14)7-5-6-12-20)17(21)19(4)11-10-18(2)3/h8-9,13,20H,6,10-12H2,1-4H3. The number of carbonyl (C=O) groups is 1. The summed E-state index contributed by atoms with van der Waals surface area (Å²) >= 11 is 0. The summed E-state index contributed by atoms with van der Waals surface area (Å²) in [6.07, 6.45) is 0.466. The Kier molecular flexibility index (Phi) is 6.93. The molecule has 4 nitrogen and oxygen atoms in total. The van der Waals surface area contributed by atoms with Crippen LogP contribution in [0.2, 0.25) is 0 Å². The topological polar surface area (TPSA) is 43.8 Å². The van der Waals surface area contributed by atoms with Gasteiger partial charge in [-0.1, -0.05) is 11.8 Å². The number of amides is 1. The smallest absolute Gasteiger partial charge is 0.253 e. The van der Waals surface area contributed by atoms with Gasteiger partial charge in [0, 0.05) is 37.7 Å². The lowest BCUT2D eigenvalue weighted by Gasteiger charge is -2.20. The number of carbonyl (C=O) groups excluding carboxylic acids is 1. The highest BCUT2D eigenvalue weighted by Crippen LogP contribution is 2.12. The monoisotopic (exact) mass is 288 g/mol. The second kappa shape index (κ2) is 8.46. The quantitative estimate of drug-likeness (QED) is 0.832. The summed E-state index contributed by atoms with van der Waals surface area (Å²) in [6.45, 7) is 3.55. The summed E-state index contributed by atoms with van der Waals surface area (Å²) in [6, 6.07) is 5.55. The first-order chi connectivity index (χ1) is 9.95. The van der Waals surface area contributed by atoms with Crippen LogP contribution < -0.4 is 0 Å². The number of aryl methyl sites for hydroxylation is 1. The van der Waals surface area contributed by atoms with Crippen LogP contribution in [-0.4, -0.2) is 61.7 Å². The van der Waals surface area contributed by atoms with E-state index in [9.17, 15) is 4.79 Å². The van der Waals surface area contributed by atoms with E-state index in [2.05, 4.69) is 16.7 Å². The molecule has 0 unspecified atom stereocenters. The lowest BCUT2D eigenvalue weighted by atomic mass is 10.0. The SMILES string of the molecule is Cc1cc(C(=O)N(C)CCN(C)C)ccc1C#CCCO. The molecule has 0 spiro atoms. The van der Waals surface area contributed by atoms with E-state index in [4.69, 9.17) is 5.11 Å². The van der Waals surface area contributed by atoms with Gasteiger partial charge in [0.25, 0.3) is 5.91 Å². The van der Waals surface area contributed by atoms with E-state index < -0.39 is 0 Å². The van der Waals surface area contributed by atoms with Gasteiger partial charge in [-0.3, -0.25) is 4.79 Å². The number of nitrogens with zero attached hydrogens (tertiary/aromatic N) is 2. The molecule has 4 heteroatoms. The van der Waals surface area contributed by atoms with Crippen LogP contribution in [-0.2, 0) is 0 Å². The molecule has 0 radical (unpaired) electrons. The lowest BCUT2D eigenvalue weighted by Crippen LogP contribution is -2.33. The highest BCUT2D eigenvalue weighted by atomic mass is 16.2. The van der Waals surface area contributed by atoms with Crippen molar-refractivity contribution in [1.29, 1.82) is 0 Å². The number of rotatable bonds is 5. The van der Waals surface area contributed by atoms with Gasteiger partial charge in [0.2, 0.25) is 0 Å². The highest BCUT2D eigenvalue weighted by molar-refractivity contribution is 5.94. The maximum absolute atomic E-state index is 12.3. The van der Waals surface area contributed by atoms with E-state index in [0.717, 1.165) is 17.7 Å². The zero-order chi connectivity index (χ0) is 15.8. The Hall–Kier alpha value is -1.83. The molecule has 1 N–H and O–H groups in total. The van der Waals surface area contributed by atoms with E-state index >= 15 is 0 Å². The largest absolute Gasteiger partial charge is 0.395 e. The highest BCUT2D eigenvalue weighted by Gasteiger charge is 2.12. The van der Waals surface area contributed by atoms with E-state index in [1.165, 1.54) is 0 Å². The average molecular weight is 288 g/mol. The van der Waals surface area contributed by atoms with E-state index in [1.54, 1.807) is 4.90 Å². The van der Waals surface area contributed by atoms with Gasteiger partial charge in [0.05, 0.1) is 6.61 Å². The normalized spacial score (nSPS) is 10.2. The fourth-order valence-electron chi connectivity index (χ4n) is 1.82. The molecule has 0 aliphatic carbocycles. The second-order valence-corrected chi connectivity index (χ2v) is 5.34. The van der Waals surface area contributed by atoms with Crippen molar-refractivity contribution >= 4 is 5.91 Å². The average Bonchev–Trinajstić information content (AvgIpc) is 2.45. The van der Waals surface area contributed by atoms with Crippen LogP contribution >= 0.6 is 0 Å². The molecular formula is C17H24N2O2. The van der Waals surface area contributed by atoms with Crippen LogP contribution in [0.4, 0.5) is 0 Å². The molecule has 1 aromatic rings. The molecule has 0 heterocycles. The Bertz CT molecular complexity index is 541. The Morgan fingerprint density at radius 1 is 1.24 bits per heavy atom. The summed E-state index contributed by atoms with van der Waals surface area (Å²) < 4.78 is 0. The summed E-state index contributed by atoms with van der Waals surface area (Å²) in [4.78, 5) is 16.1. The number of aliphatic hydroxyl groups is 1. The van der Waals surface area contributed by atoms with Gasteiger partial charge < -0.3 is 14.9 Å². The summed E-state index contributed by atoms with van der Waals surface area (Å²) in [7, 11) is 5.79. The van der Waals surface area contributed by atoms with Gasteiger partial charge in [-0.2, -0.15) is 0 Å². The Labute approximate surface area is 127 Å². The summed E-state index contributed by atoms with van der Waals surface area (Å²) in [5.41, 5.74) is 2.56. The first-order valence-corrected chi connectivity index (χ1v) is 7.06. The summed E-state index contributed by atoms with van der Waals surface area (Å²) in [5, 5.41) is 8.72. The fraction of sp³-hybridized carbons (Fsp3) is 0.471. The molecule has 0 atom stereocenters. The third-order valence-corrected chi connectivity index (χ3v) is 3.16. The van der Waals surface area contributed by atoms with Gasteiger partial charge in [-0.15, -0.1) is 0 Å². The first kappa shape index (κ1) is 17.2. The van der Waals surface area contributed by atoms with Crippen LogP contribution in [0.3, 0.4) is 0 Å². The van der Waals surface area contributed by atoms with E-state index in [0.29, 0.717) is 18.5 Å². The van der Waals surface area contributed by atoms with Crippen molar-refractivity contribution in [2.45, 2.75) is 13.3 Å². The molecule has 0 fully saturated rings. The van der Waals surface area contributed by atoms with Crippen LogP contribution in [0, 0.1) is 18.8 Å². The van der Waals surface area contributed by atoms with Crippen LogP contribution in [0.1, 0.15) is 27.9 Å². The maximum atomic E-state index is 12.3. The molecule has 0 aromatic heterocycles. The minimum atomic E-state index is 0.0230. The van der Waals surface area contributed by atoms with Gasteiger partial charge >= 0.3 is 0 Å². The van der Waals surface area contributed by atoms with Gasteiger partial charge in [-0.05, 0) is 44.8 Å². The molecule has 1 amide bonds. The first-order valence-electron chi connectivity index (χ1n) is 7.06. The third kappa shape index (κ3) is 5.58. The predicted molar refractivity (Wildman–Crippen MR) is 85.3 cm³/mol. The fourth-order valence-corrected chi connectivity index (χ4v) is 1.82. The molecular weight excluding hydrogens is 264 g/mol. The molecule has 0 saturated carbocycles. The number of likely N-dealkylation sites (N-methyl/N-ethyl adjacent to an activating group) is 2. The molecule has 1 aromatic carbocycles. The zero-order valence-corrected chi connectivity index (χ0v) is 13.3. The van der Waals surface area contributed by atoms with Crippen molar-refractivity contribution in [1.82, 2.24) is 9.80 Å². The zero-order valence-electron chi connectivity index (χ0n) is 13.3. The number of hydrogen-bond acceptors (Lipinski definition) is 3. The third-order valence-electron chi connectivity index (χ3n) is 3.16. The number of benzene rings is 1. The van der Waals surface area contributed by atoms with Crippen molar-refractivity contribution in [2.75, 3.05) is 40.8 Å². The van der Waals surface area contributed by atoms with Gasteiger partial charge in [-0.25, -0.2) is 0 Å². The lowest BCUT2D eigenvalue weighted by molar-refractivity contribution is 0.0786. The van der Waals surface area contributed by atoms with E-state index in [1.807, 2.05) is 46.3 Å². The molecule has 0 aliphatic heterocycles. The van der Waals surface area contributed by atoms with Gasteiger partial charge in [0.15, 0.2) is 0 Å². The van der Waals surface area contributed by atoms with Crippen LogP contribution in [0.15, 0.2) is 18.2 Å². The molecule has 1 rings (SSSR count). The van der Waals surface area contributed by atoms with E-state index in [-0.39, 0.29) is 12.5 Å². The minimum Gasteiger partial charge on any atom is -0.395 e. The van der Waals surface area contributed by atoms with Crippen LogP contribution in [0.5, 0.6) is 0 Å². The van der Waals surface area contributed by atoms with Crippen LogP contribution in [0.25, 0.3) is 0 Å². The number of hydrogen-bond donors (Lipinski definition) is 1. The Morgan fingerprint density at radius 3 is 2.52 bits per heavy atom. The predicted octanol–water partition coefficient (Wildman–Crippen LogP) is 1.36. The Balaban J connectivity index is 2.79. The maximum Gasteiger partial charge on any atom is 0.253 e. The second-order valence-electron chi connectivity index (χ2n) is 5.34. The molecule has 21 heavy (non-hydrogen) atoms. The molecule has 0 aliphatic rings. The summed E-state index contributed by atoms with van der Waals surface area (Å²) in [5.74, 6) is 5.93. The minimum absolute atomic E-state index is 0.0230. The Morgan fingerprint density at radius 2 is 1.95 bits per heavy atom. The molecule has 114 valence electrons. The van der Waals surface area contributed by atoms with Crippen molar-refractivity contribution in [3.8, 4) is 11.8 Å². The van der Waals surface area contributed by atoms with Crippen molar-refractivity contribution in [3.63, 3.8) is 0 Å². The van der Waals surface area contributed by atoms with Crippen molar-refractivity contribution < 1.29 is 9.90 Å². The molecule has 0 bridgehead atoms.